The Balaban J connectivity index is 2.78. The van der Waals surface area contributed by atoms with Gasteiger partial charge in [-0.15, -0.1) is 0 Å². The van der Waals surface area contributed by atoms with Crippen LogP contribution in [0.5, 0.6) is 0 Å². The fraction of sp³-hybridized carbons (Fsp3) is 0.700. The van der Waals surface area contributed by atoms with Crippen molar-refractivity contribution < 1.29 is 0 Å². The lowest BCUT2D eigenvalue weighted by Gasteiger charge is -2.21. The van der Waals surface area contributed by atoms with E-state index in [1.165, 1.54) is 0 Å². The highest BCUT2D eigenvalue weighted by atomic mass is 15.1. The highest BCUT2D eigenvalue weighted by Gasteiger charge is 2.12. The zero-order valence-corrected chi connectivity index (χ0v) is 9.44. The molecular formula is C10H20N4. The molecule has 1 heterocycles. The molecule has 0 spiro atoms. The van der Waals surface area contributed by atoms with E-state index < -0.39 is 0 Å². The molecule has 0 aliphatic rings. The second-order valence-corrected chi connectivity index (χ2v) is 4.13. The Labute approximate surface area is 85.7 Å². The number of nitrogens with two attached hydrogens (primary N) is 1. The van der Waals surface area contributed by atoms with E-state index in [0.717, 1.165) is 12.2 Å². The van der Waals surface area contributed by atoms with Gasteiger partial charge in [0.05, 0.1) is 12.0 Å². The summed E-state index contributed by atoms with van der Waals surface area (Å²) < 4.78 is 2.14. The molecule has 0 fully saturated rings. The molecule has 0 aromatic carbocycles. The van der Waals surface area contributed by atoms with Gasteiger partial charge in [-0.25, -0.2) is 4.98 Å². The van der Waals surface area contributed by atoms with Gasteiger partial charge in [0.25, 0.3) is 0 Å². The molecular weight excluding hydrogens is 176 g/mol. The fourth-order valence-corrected chi connectivity index (χ4v) is 1.65. The van der Waals surface area contributed by atoms with Gasteiger partial charge in [-0.1, -0.05) is 0 Å². The van der Waals surface area contributed by atoms with Crippen molar-refractivity contribution in [3.63, 3.8) is 0 Å². The molecule has 0 bridgehead atoms. The third-order valence-corrected chi connectivity index (χ3v) is 2.27. The summed E-state index contributed by atoms with van der Waals surface area (Å²) in [7, 11) is 4.14. The van der Waals surface area contributed by atoms with E-state index in [2.05, 4.69) is 35.5 Å². The van der Waals surface area contributed by atoms with Gasteiger partial charge < -0.3 is 15.2 Å². The topological polar surface area (TPSA) is 47.1 Å². The van der Waals surface area contributed by atoms with E-state index >= 15 is 0 Å². The zero-order chi connectivity index (χ0) is 10.7. The molecule has 4 heteroatoms. The Morgan fingerprint density at radius 3 is 2.64 bits per heavy atom. The first-order chi connectivity index (χ1) is 6.52. The van der Waals surface area contributed by atoms with Crippen molar-refractivity contribution in [2.24, 2.45) is 5.73 Å². The molecule has 0 amide bonds. The minimum Gasteiger partial charge on any atom is -0.329 e. The van der Waals surface area contributed by atoms with Crippen molar-refractivity contribution in [3.8, 4) is 0 Å². The van der Waals surface area contributed by atoms with Crippen LogP contribution in [-0.2, 0) is 0 Å². The van der Waals surface area contributed by atoms with Crippen LogP contribution in [0, 0.1) is 0 Å². The minimum absolute atomic E-state index is 0.0436. The molecule has 1 aromatic rings. The molecule has 0 saturated heterocycles. The Kier molecular flexibility index (Phi) is 3.66. The van der Waals surface area contributed by atoms with Gasteiger partial charge in [0.1, 0.15) is 0 Å². The van der Waals surface area contributed by atoms with Crippen molar-refractivity contribution in [1.29, 1.82) is 0 Å². The molecule has 80 valence electrons. The van der Waals surface area contributed by atoms with Gasteiger partial charge in [-0.05, 0) is 27.9 Å². The predicted molar refractivity (Wildman–Crippen MR) is 58.1 cm³/mol. The SMILES string of the molecule is CC(CN(C)C)n1cncc1[C@H](C)N. The average molecular weight is 196 g/mol. The normalized spacial score (nSPS) is 15.9. The molecule has 1 rings (SSSR count). The Morgan fingerprint density at radius 2 is 2.14 bits per heavy atom. The molecule has 2 atom stereocenters. The summed E-state index contributed by atoms with van der Waals surface area (Å²) in [5, 5.41) is 0. The largest absolute Gasteiger partial charge is 0.329 e. The monoisotopic (exact) mass is 196 g/mol. The third-order valence-electron chi connectivity index (χ3n) is 2.27. The maximum atomic E-state index is 5.85. The second-order valence-electron chi connectivity index (χ2n) is 4.13. The number of hydrogen-bond donors (Lipinski definition) is 1. The molecule has 1 aromatic heterocycles. The summed E-state index contributed by atoms with van der Waals surface area (Å²) in [5.41, 5.74) is 6.95. The maximum absolute atomic E-state index is 5.85. The number of aromatic nitrogens is 2. The van der Waals surface area contributed by atoms with Crippen molar-refractivity contribution >= 4 is 0 Å². The van der Waals surface area contributed by atoms with E-state index in [1.807, 2.05) is 19.4 Å². The molecule has 4 nitrogen and oxygen atoms in total. The van der Waals surface area contributed by atoms with E-state index in [4.69, 9.17) is 5.73 Å². The van der Waals surface area contributed by atoms with Crippen LogP contribution in [0.4, 0.5) is 0 Å². The molecule has 0 aliphatic heterocycles. The van der Waals surface area contributed by atoms with Crippen molar-refractivity contribution in [2.75, 3.05) is 20.6 Å². The lowest BCUT2D eigenvalue weighted by Crippen LogP contribution is -2.24. The fourth-order valence-electron chi connectivity index (χ4n) is 1.65. The van der Waals surface area contributed by atoms with E-state index in [-0.39, 0.29) is 6.04 Å². The van der Waals surface area contributed by atoms with Crippen LogP contribution in [0.3, 0.4) is 0 Å². The van der Waals surface area contributed by atoms with Crippen LogP contribution in [0.15, 0.2) is 12.5 Å². The Bertz CT molecular complexity index is 277. The highest BCUT2D eigenvalue weighted by molar-refractivity contribution is 5.04. The van der Waals surface area contributed by atoms with Crippen LogP contribution in [0.1, 0.15) is 31.6 Å². The lowest BCUT2D eigenvalue weighted by molar-refractivity contribution is 0.331. The van der Waals surface area contributed by atoms with Crippen LogP contribution in [0.2, 0.25) is 0 Å². The van der Waals surface area contributed by atoms with Gasteiger partial charge in [0.2, 0.25) is 0 Å². The molecule has 0 aliphatic carbocycles. The molecule has 0 radical (unpaired) electrons. The highest BCUT2D eigenvalue weighted by Crippen LogP contribution is 2.15. The molecule has 1 unspecified atom stereocenters. The summed E-state index contributed by atoms with van der Waals surface area (Å²) >= 11 is 0. The summed E-state index contributed by atoms with van der Waals surface area (Å²) in [6.45, 7) is 5.15. The predicted octanol–water partition coefficient (Wildman–Crippen LogP) is 1.03. The maximum Gasteiger partial charge on any atom is 0.0951 e. The first-order valence-electron chi connectivity index (χ1n) is 4.94. The second kappa shape index (κ2) is 4.57. The Hall–Kier alpha value is -0.870. The number of hydrogen-bond acceptors (Lipinski definition) is 3. The van der Waals surface area contributed by atoms with Crippen LogP contribution in [-0.4, -0.2) is 35.1 Å². The molecule has 0 saturated carbocycles. The van der Waals surface area contributed by atoms with Gasteiger partial charge in [0.15, 0.2) is 0 Å². The van der Waals surface area contributed by atoms with E-state index in [1.54, 1.807) is 0 Å². The number of imidazole rings is 1. The van der Waals surface area contributed by atoms with E-state index in [9.17, 15) is 0 Å². The standard InChI is InChI=1S/C10H20N4/c1-8(6-13(3)4)14-7-12-5-10(14)9(2)11/h5,7-9H,6,11H2,1-4H3/t8?,9-/m0/s1. The van der Waals surface area contributed by atoms with Crippen molar-refractivity contribution in [3.05, 3.63) is 18.2 Å². The summed E-state index contributed by atoms with van der Waals surface area (Å²) in [5.74, 6) is 0. The van der Waals surface area contributed by atoms with Crippen LogP contribution < -0.4 is 5.73 Å². The van der Waals surface area contributed by atoms with E-state index in [0.29, 0.717) is 6.04 Å². The summed E-state index contributed by atoms with van der Waals surface area (Å²) in [6, 6.07) is 0.454. The van der Waals surface area contributed by atoms with Crippen molar-refractivity contribution in [1.82, 2.24) is 14.5 Å². The minimum atomic E-state index is 0.0436. The van der Waals surface area contributed by atoms with Crippen LogP contribution >= 0.6 is 0 Å². The first kappa shape index (κ1) is 11.2. The van der Waals surface area contributed by atoms with Gasteiger partial charge in [0, 0.05) is 24.8 Å². The quantitative estimate of drug-likeness (QED) is 0.782. The molecule has 14 heavy (non-hydrogen) atoms. The summed E-state index contributed by atoms with van der Waals surface area (Å²) in [4.78, 5) is 6.30. The average Bonchev–Trinajstić information content (AvgIpc) is 2.49. The zero-order valence-electron chi connectivity index (χ0n) is 9.44. The van der Waals surface area contributed by atoms with Gasteiger partial charge >= 0.3 is 0 Å². The lowest BCUT2D eigenvalue weighted by atomic mass is 10.2. The first-order valence-corrected chi connectivity index (χ1v) is 4.94. The smallest absolute Gasteiger partial charge is 0.0951 e. The molecule has 2 N–H and O–H groups in total. The number of nitrogens with zero attached hydrogens (tertiary/aromatic N) is 3. The van der Waals surface area contributed by atoms with Crippen molar-refractivity contribution in [2.45, 2.75) is 25.9 Å². The van der Waals surface area contributed by atoms with Gasteiger partial charge in [-0.2, -0.15) is 0 Å². The summed E-state index contributed by atoms with van der Waals surface area (Å²) in [6.07, 6.45) is 3.70. The van der Waals surface area contributed by atoms with Gasteiger partial charge in [-0.3, -0.25) is 0 Å². The number of likely N-dealkylation sites (N-methyl/N-ethyl adjacent to an activating group) is 1. The number of rotatable bonds is 4. The third kappa shape index (κ3) is 2.56. The van der Waals surface area contributed by atoms with Crippen LogP contribution in [0.25, 0.3) is 0 Å². The Morgan fingerprint density at radius 1 is 1.50 bits per heavy atom.